The van der Waals surface area contributed by atoms with Crippen molar-refractivity contribution >= 4 is 16.7 Å². The molecule has 0 saturated carbocycles. The second-order valence-corrected chi connectivity index (χ2v) is 4.48. The molecule has 20 heavy (non-hydrogen) atoms. The van der Waals surface area contributed by atoms with Crippen molar-refractivity contribution in [1.82, 2.24) is 0 Å². The fraction of sp³-hybridized carbons (Fsp3) is 0.0588. The molecule has 1 heterocycles. The smallest absolute Gasteiger partial charge is 0.227 e. The van der Waals surface area contributed by atoms with E-state index in [1.807, 2.05) is 65.4 Å². The molecule has 0 amide bonds. The summed E-state index contributed by atoms with van der Waals surface area (Å²) in [6.07, 6.45) is 1.95. The maximum absolute atomic E-state index is 12.2. The van der Waals surface area contributed by atoms with Crippen molar-refractivity contribution < 1.29 is 33.3 Å². The molecule has 2 nitrogen and oxygen atoms in total. The Balaban J connectivity index is 0.00000147. The first-order valence-electron chi connectivity index (χ1n) is 6.30. The van der Waals surface area contributed by atoms with Crippen LogP contribution in [0.4, 0.5) is 0 Å². The molecule has 0 atom stereocenters. The molecule has 3 aromatic rings. The lowest BCUT2D eigenvalue weighted by Gasteiger charge is -2.01. The summed E-state index contributed by atoms with van der Waals surface area (Å²) in [6, 6.07) is 21.5. The second-order valence-electron chi connectivity index (χ2n) is 4.48. The number of para-hydroxylation sites is 1. The maximum atomic E-state index is 12.2. The number of aromatic nitrogens is 1. The summed E-state index contributed by atoms with van der Waals surface area (Å²) in [5, 5.41) is 1.14. The lowest BCUT2D eigenvalue weighted by atomic mass is 10.1. The van der Waals surface area contributed by atoms with Crippen LogP contribution in [0.3, 0.4) is 0 Å². The Morgan fingerprint density at radius 1 is 0.850 bits per heavy atom. The van der Waals surface area contributed by atoms with Gasteiger partial charge in [-0.2, -0.15) is 4.57 Å². The van der Waals surface area contributed by atoms with Crippen molar-refractivity contribution in [2.45, 2.75) is 6.54 Å². The third kappa shape index (κ3) is 3.04. The van der Waals surface area contributed by atoms with Crippen molar-refractivity contribution in [2.24, 2.45) is 0 Å². The van der Waals surface area contributed by atoms with Crippen LogP contribution in [0.5, 0.6) is 0 Å². The highest BCUT2D eigenvalue weighted by Crippen LogP contribution is 2.08. The first-order chi connectivity index (χ1) is 9.34. The number of fused-ring (bicyclic) bond motifs is 1. The summed E-state index contributed by atoms with van der Waals surface area (Å²) in [5.74, 6) is 0.127. The largest absolute Gasteiger partial charge is 1.00 e. The molecule has 0 saturated heterocycles. The van der Waals surface area contributed by atoms with E-state index >= 15 is 0 Å². The summed E-state index contributed by atoms with van der Waals surface area (Å²) in [5.41, 5.74) is 1.83. The van der Waals surface area contributed by atoms with E-state index in [-0.39, 0.29) is 29.8 Å². The van der Waals surface area contributed by atoms with E-state index in [0.717, 1.165) is 16.5 Å². The number of nitrogens with zero attached hydrogens (tertiary/aromatic N) is 1. The van der Waals surface area contributed by atoms with E-state index < -0.39 is 0 Å². The highest BCUT2D eigenvalue weighted by atomic mass is 127. The van der Waals surface area contributed by atoms with Gasteiger partial charge in [-0.05, 0) is 12.1 Å². The van der Waals surface area contributed by atoms with Crippen LogP contribution in [0.2, 0.25) is 0 Å². The van der Waals surface area contributed by atoms with Gasteiger partial charge in [0.15, 0.2) is 6.20 Å². The Morgan fingerprint density at radius 2 is 1.50 bits per heavy atom. The highest BCUT2D eigenvalue weighted by Gasteiger charge is 2.14. The van der Waals surface area contributed by atoms with Crippen molar-refractivity contribution in [2.75, 3.05) is 0 Å². The Labute approximate surface area is 135 Å². The van der Waals surface area contributed by atoms with Gasteiger partial charge in [-0.1, -0.05) is 42.5 Å². The van der Waals surface area contributed by atoms with Crippen LogP contribution in [-0.4, -0.2) is 5.78 Å². The number of pyridine rings is 1. The number of carbonyl (C=O) groups is 1. The minimum Gasteiger partial charge on any atom is -1.00 e. The van der Waals surface area contributed by atoms with Crippen LogP contribution >= 0.6 is 0 Å². The molecule has 0 bridgehead atoms. The van der Waals surface area contributed by atoms with Gasteiger partial charge in [0.1, 0.15) is 0 Å². The minimum atomic E-state index is 0. The predicted molar refractivity (Wildman–Crippen MR) is 74.9 cm³/mol. The molecule has 3 rings (SSSR count). The SMILES string of the molecule is O=C(C[n+]1cccc2ccccc21)c1ccccc1.[I-]. The van der Waals surface area contributed by atoms with Gasteiger partial charge in [0, 0.05) is 23.1 Å². The minimum absolute atomic E-state index is 0. The monoisotopic (exact) mass is 375 g/mol. The van der Waals surface area contributed by atoms with Gasteiger partial charge < -0.3 is 24.0 Å². The first kappa shape index (κ1) is 14.7. The average Bonchev–Trinajstić information content (AvgIpc) is 2.48. The normalized spacial score (nSPS) is 10.0. The number of ketones is 1. The highest BCUT2D eigenvalue weighted by molar-refractivity contribution is 5.95. The van der Waals surface area contributed by atoms with Crippen molar-refractivity contribution in [3.63, 3.8) is 0 Å². The van der Waals surface area contributed by atoms with E-state index in [0.29, 0.717) is 6.54 Å². The molecule has 0 N–H and O–H groups in total. The summed E-state index contributed by atoms with van der Waals surface area (Å²) >= 11 is 0. The first-order valence-corrected chi connectivity index (χ1v) is 6.30. The molecule has 2 aromatic carbocycles. The van der Waals surface area contributed by atoms with E-state index in [9.17, 15) is 4.79 Å². The molecular formula is C17H14INO. The van der Waals surface area contributed by atoms with Gasteiger partial charge in [-0.15, -0.1) is 0 Å². The molecule has 0 aliphatic heterocycles. The van der Waals surface area contributed by atoms with Gasteiger partial charge in [-0.25, -0.2) is 0 Å². The third-order valence-electron chi connectivity index (χ3n) is 3.20. The second kappa shape index (κ2) is 6.61. The maximum Gasteiger partial charge on any atom is 0.227 e. The van der Waals surface area contributed by atoms with Crippen LogP contribution in [0.25, 0.3) is 10.9 Å². The molecular weight excluding hydrogens is 361 g/mol. The van der Waals surface area contributed by atoms with Crippen LogP contribution < -0.4 is 28.5 Å². The number of carbonyl (C=O) groups excluding carboxylic acids is 1. The number of rotatable bonds is 3. The number of hydrogen-bond acceptors (Lipinski definition) is 1. The number of hydrogen-bond donors (Lipinski definition) is 0. The van der Waals surface area contributed by atoms with Crippen LogP contribution in [-0.2, 0) is 6.54 Å². The molecule has 0 spiro atoms. The molecule has 0 radical (unpaired) electrons. The molecule has 1 aromatic heterocycles. The molecule has 0 aliphatic carbocycles. The predicted octanol–water partition coefficient (Wildman–Crippen LogP) is 0.0142. The fourth-order valence-corrected chi connectivity index (χ4v) is 2.23. The zero-order valence-corrected chi connectivity index (χ0v) is 13.0. The Bertz CT molecular complexity index is 720. The number of benzene rings is 2. The summed E-state index contributed by atoms with van der Waals surface area (Å²) in [7, 11) is 0. The van der Waals surface area contributed by atoms with E-state index in [2.05, 4.69) is 12.1 Å². The van der Waals surface area contributed by atoms with Gasteiger partial charge in [0.25, 0.3) is 0 Å². The molecule has 0 unspecified atom stereocenters. The van der Waals surface area contributed by atoms with E-state index in [4.69, 9.17) is 0 Å². The topological polar surface area (TPSA) is 20.9 Å². The Hall–Kier alpha value is -1.75. The quantitative estimate of drug-likeness (QED) is 0.359. The molecule has 0 fully saturated rings. The lowest BCUT2D eigenvalue weighted by Crippen LogP contribution is -3.00. The molecule has 100 valence electrons. The molecule has 3 heteroatoms. The van der Waals surface area contributed by atoms with Crippen LogP contribution in [0.1, 0.15) is 10.4 Å². The van der Waals surface area contributed by atoms with E-state index in [1.54, 1.807) is 0 Å². The Kier molecular flexibility index (Phi) is 4.84. The van der Waals surface area contributed by atoms with Gasteiger partial charge in [0.2, 0.25) is 17.8 Å². The Morgan fingerprint density at radius 3 is 2.30 bits per heavy atom. The standard InChI is InChI=1S/C17H14NO.HI/c19-17(15-8-2-1-3-9-15)13-18-12-6-10-14-7-4-5-11-16(14)18;/h1-12H,13H2;1H/q+1;/p-1. The number of Topliss-reactive ketones (excluding diaryl/α,β-unsaturated/α-hetero) is 1. The average molecular weight is 375 g/mol. The third-order valence-corrected chi connectivity index (χ3v) is 3.20. The van der Waals surface area contributed by atoms with Gasteiger partial charge >= 0.3 is 0 Å². The van der Waals surface area contributed by atoms with Gasteiger partial charge in [0.05, 0.1) is 0 Å². The zero-order valence-electron chi connectivity index (χ0n) is 10.9. The van der Waals surface area contributed by atoms with Crippen LogP contribution in [0.15, 0.2) is 72.9 Å². The molecule has 0 aliphatic rings. The van der Waals surface area contributed by atoms with Crippen molar-refractivity contribution in [1.29, 1.82) is 0 Å². The fourth-order valence-electron chi connectivity index (χ4n) is 2.23. The van der Waals surface area contributed by atoms with Crippen molar-refractivity contribution in [3.8, 4) is 0 Å². The van der Waals surface area contributed by atoms with Crippen molar-refractivity contribution in [3.05, 3.63) is 78.5 Å². The summed E-state index contributed by atoms with van der Waals surface area (Å²) in [6.45, 7) is 0.366. The summed E-state index contributed by atoms with van der Waals surface area (Å²) in [4.78, 5) is 12.2. The van der Waals surface area contributed by atoms with Crippen LogP contribution in [0, 0.1) is 0 Å². The number of halogens is 1. The lowest BCUT2D eigenvalue weighted by molar-refractivity contribution is -0.657. The van der Waals surface area contributed by atoms with Gasteiger partial charge in [-0.3, -0.25) is 4.79 Å². The zero-order chi connectivity index (χ0) is 13.1. The van der Waals surface area contributed by atoms with E-state index in [1.165, 1.54) is 0 Å². The summed E-state index contributed by atoms with van der Waals surface area (Å²) < 4.78 is 1.99.